The number of aliphatic hydroxyl groups is 1. The number of hydrogen-bond donors (Lipinski definition) is 1. The first kappa shape index (κ1) is 19.9. The van der Waals surface area contributed by atoms with E-state index in [0.29, 0.717) is 24.2 Å². The summed E-state index contributed by atoms with van der Waals surface area (Å²) in [7, 11) is 0. The maximum absolute atomic E-state index is 12.3. The van der Waals surface area contributed by atoms with Gasteiger partial charge in [-0.05, 0) is 12.8 Å². The second-order valence-corrected chi connectivity index (χ2v) is 9.45. The summed E-state index contributed by atoms with van der Waals surface area (Å²) in [5.41, 5.74) is -0.363. The van der Waals surface area contributed by atoms with E-state index in [1.807, 2.05) is 20.8 Å². The summed E-state index contributed by atoms with van der Waals surface area (Å²) in [6.07, 6.45) is -0.307. The van der Waals surface area contributed by atoms with Crippen molar-refractivity contribution in [3.8, 4) is 0 Å². The molecule has 1 saturated heterocycles. The average molecular weight is 394 g/mol. The Hall–Kier alpha value is -1.44. The van der Waals surface area contributed by atoms with Crippen molar-refractivity contribution < 1.29 is 33.6 Å². The van der Waals surface area contributed by atoms with Crippen molar-refractivity contribution in [2.24, 2.45) is 17.3 Å². The Kier molecular flexibility index (Phi) is 4.28. The van der Waals surface area contributed by atoms with E-state index >= 15 is 0 Å². The molecule has 4 aliphatic rings. The van der Waals surface area contributed by atoms with E-state index in [1.165, 1.54) is 6.92 Å². The van der Waals surface area contributed by atoms with Crippen molar-refractivity contribution >= 4 is 11.9 Å². The lowest BCUT2D eigenvalue weighted by atomic mass is 9.51. The van der Waals surface area contributed by atoms with Crippen LogP contribution in [0.15, 0.2) is 11.1 Å². The molecule has 3 fully saturated rings. The molecule has 7 atom stereocenters. The molecule has 0 aromatic heterocycles. The number of hydrogen-bond acceptors (Lipinski definition) is 7. The van der Waals surface area contributed by atoms with Crippen LogP contribution in [0.2, 0.25) is 0 Å². The Morgan fingerprint density at radius 1 is 1.39 bits per heavy atom. The largest absolute Gasteiger partial charge is 0.462 e. The van der Waals surface area contributed by atoms with Crippen molar-refractivity contribution in [2.75, 3.05) is 6.61 Å². The number of rotatable bonds is 4. The predicted octanol–water partition coefficient (Wildman–Crippen LogP) is 2.11. The molecular formula is C21H30O7. The SMILES string of the molecule is CC(=O)O[C@H]1C[C@H]2O[C@]23C[C@@]2(O)OC(=O)C(C)=C2[C@@H](OCC(C)C)[C@]3(C)[C@H]1C. The van der Waals surface area contributed by atoms with Crippen molar-refractivity contribution in [3.05, 3.63) is 11.1 Å². The third-order valence-electron chi connectivity index (χ3n) is 7.29. The van der Waals surface area contributed by atoms with Crippen LogP contribution in [0.3, 0.4) is 0 Å². The zero-order valence-corrected chi connectivity index (χ0v) is 17.4. The Bertz CT molecular complexity index is 758. The molecule has 2 aliphatic heterocycles. The molecule has 1 N–H and O–H groups in total. The lowest BCUT2D eigenvalue weighted by molar-refractivity contribution is -0.235. The zero-order chi connectivity index (χ0) is 20.6. The normalized spacial score (nSPS) is 46.6. The third-order valence-corrected chi connectivity index (χ3v) is 7.29. The van der Waals surface area contributed by atoms with Gasteiger partial charge in [0.15, 0.2) is 0 Å². The van der Waals surface area contributed by atoms with Crippen LogP contribution in [-0.2, 0) is 28.5 Å². The van der Waals surface area contributed by atoms with Crippen LogP contribution in [0.1, 0.15) is 54.4 Å². The highest BCUT2D eigenvalue weighted by atomic mass is 16.7. The first-order chi connectivity index (χ1) is 13.0. The molecule has 156 valence electrons. The van der Waals surface area contributed by atoms with Gasteiger partial charge in [-0.15, -0.1) is 0 Å². The second-order valence-electron chi connectivity index (χ2n) is 9.45. The molecule has 7 nitrogen and oxygen atoms in total. The van der Waals surface area contributed by atoms with Crippen molar-refractivity contribution in [1.29, 1.82) is 0 Å². The number of carbonyl (C=O) groups excluding carboxylic acids is 2. The van der Waals surface area contributed by atoms with E-state index in [-0.39, 0.29) is 36.4 Å². The molecule has 0 unspecified atom stereocenters. The fourth-order valence-corrected chi connectivity index (χ4v) is 5.71. The standard InChI is InChI=1S/C21H30O7/c1-10(2)8-25-17-16-11(3)18(23)28-21(16,24)9-20-15(27-20)7-14(26-13(5)22)12(4)19(17,20)6/h10,12,14-15,17,24H,7-9H2,1-6H3/t12-,14-,15+,17+,19-,20+,21+/m0/s1. The maximum atomic E-state index is 12.3. The monoisotopic (exact) mass is 394 g/mol. The van der Waals surface area contributed by atoms with Crippen LogP contribution in [0, 0.1) is 17.3 Å². The fourth-order valence-electron chi connectivity index (χ4n) is 5.71. The number of ether oxygens (including phenoxy) is 4. The molecule has 2 saturated carbocycles. The van der Waals surface area contributed by atoms with E-state index in [4.69, 9.17) is 18.9 Å². The van der Waals surface area contributed by atoms with Crippen LogP contribution in [0.4, 0.5) is 0 Å². The van der Waals surface area contributed by atoms with E-state index < -0.39 is 28.9 Å². The van der Waals surface area contributed by atoms with Gasteiger partial charge in [-0.1, -0.05) is 27.7 Å². The lowest BCUT2D eigenvalue weighted by Gasteiger charge is -2.56. The quantitative estimate of drug-likeness (QED) is 0.576. The van der Waals surface area contributed by atoms with E-state index in [0.717, 1.165) is 0 Å². The summed E-state index contributed by atoms with van der Waals surface area (Å²) in [5, 5.41) is 11.3. The molecule has 28 heavy (non-hydrogen) atoms. The van der Waals surface area contributed by atoms with E-state index in [2.05, 4.69) is 6.92 Å². The molecule has 0 bridgehead atoms. The average Bonchev–Trinajstić information content (AvgIpc) is 3.21. The molecule has 7 heteroatoms. The van der Waals surface area contributed by atoms with Gasteiger partial charge in [-0.25, -0.2) is 4.79 Å². The summed E-state index contributed by atoms with van der Waals surface area (Å²) in [5.74, 6) is -2.36. The summed E-state index contributed by atoms with van der Waals surface area (Å²) in [6.45, 7) is 11.8. The Labute approximate surface area is 165 Å². The number of epoxide rings is 1. The van der Waals surface area contributed by atoms with Crippen LogP contribution in [0.25, 0.3) is 0 Å². The van der Waals surface area contributed by atoms with E-state index in [1.54, 1.807) is 6.92 Å². The zero-order valence-electron chi connectivity index (χ0n) is 17.4. The molecular weight excluding hydrogens is 364 g/mol. The first-order valence-corrected chi connectivity index (χ1v) is 10.1. The van der Waals surface area contributed by atoms with Crippen LogP contribution < -0.4 is 0 Å². The van der Waals surface area contributed by atoms with Gasteiger partial charge in [0.05, 0.1) is 12.2 Å². The predicted molar refractivity (Wildman–Crippen MR) is 98.0 cm³/mol. The minimum atomic E-state index is -1.70. The molecule has 4 rings (SSSR count). The highest BCUT2D eigenvalue weighted by Gasteiger charge is 2.81. The highest BCUT2D eigenvalue weighted by molar-refractivity contribution is 5.92. The second kappa shape index (κ2) is 6.03. The molecule has 2 heterocycles. The highest BCUT2D eigenvalue weighted by Crippen LogP contribution is 2.71. The third kappa shape index (κ3) is 2.45. The minimum Gasteiger partial charge on any atom is -0.462 e. The van der Waals surface area contributed by atoms with Crippen LogP contribution >= 0.6 is 0 Å². The van der Waals surface area contributed by atoms with Gasteiger partial charge in [-0.2, -0.15) is 0 Å². The number of carbonyl (C=O) groups is 2. The summed E-state index contributed by atoms with van der Waals surface area (Å²) < 4.78 is 23.6. The van der Waals surface area contributed by atoms with Crippen molar-refractivity contribution in [2.45, 2.75) is 84.1 Å². The van der Waals surface area contributed by atoms with Gasteiger partial charge < -0.3 is 24.1 Å². The van der Waals surface area contributed by atoms with Crippen LogP contribution in [-0.4, -0.2) is 53.4 Å². The lowest BCUT2D eigenvalue weighted by Crippen LogP contribution is -2.66. The minimum absolute atomic E-state index is 0.0899. The topological polar surface area (TPSA) is 94.6 Å². The first-order valence-electron chi connectivity index (χ1n) is 10.1. The van der Waals surface area contributed by atoms with Gasteiger partial charge in [0, 0.05) is 48.9 Å². The summed E-state index contributed by atoms with van der Waals surface area (Å²) >= 11 is 0. The van der Waals surface area contributed by atoms with Gasteiger partial charge in [0.1, 0.15) is 11.7 Å². The smallest absolute Gasteiger partial charge is 0.336 e. The fraction of sp³-hybridized carbons (Fsp3) is 0.810. The van der Waals surface area contributed by atoms with Crippen molar-refractivity contribution in [1.82, 2.24) is 0 Å². The molecule has 0 aromatic rings. The molecule has 0 aromatic carbocycles. The van der Waals surface area contributed by atoms with Gasteiger partial charge in [-0.3, -0.25) is 4.79 Å². The Morgan fingerprint density at radius 3 is 2.68 bits per heavy atom. The molecule has 0 amide bonds. The summed E-state index contributed by atoms with van der Waals surface area (Å²) in [6, 6.07) is 0. The molecule has 0 radical (unpaired) electrons. The van der Waals surface area contributed by atoms with Gasteiger partial charge in [0.2, 0.25) is 5.79 Å². The van der Waals surface area contributed by atoms with Gasteiger partial charge in [0.25, 0.3) is 0 Å². The number of esters is 2. The Morgan fingerprint density at radius 2 is 2.07 bits per heavy atom. The number of fused-ring (bicyclic) bond motifs is 1. The summed E-state index contributed by atoms with van der Waals surface area (Å²) in [4.78, 5) is 24.0. The van der Waals surface area contributed by atoms with E-state index in [9.17, 15) is 14.7 Å². The van der Waals surface area contributed by atoms with Crippen molar-refractivity contribution in [3.63, 3.8) is 0 Å². The molecule has 1 spiro atoms. The Balaban J connectivity index is 1.82. The molecule has 2 aliphatic carbocycles. The van der Waals surface area contributed by atoms with Gasteiger partial charge >= 0.3 is 11.9 Å². The maximum Gasteiger partial charge on any atom is 0.336 e. The van der Waals surface area contributed by atoms with Crippen LogP contribution in [0.5, 0.6) is 0 Å².